The van der Waals surface area contributed by atoms with Crippen molar-refractivity contribution in [3.8, 4) is 0 Å². The molecule has 1 amide bonds. The summed E-state index contributed by atoms with van der Waals surface area (Å²) in [6.07, 6.45) is 0. The minimum absolute atomic E-state index is 0.0766. The molecular weight excluding hydrogens is 426 g/mol. The number of carbonyl (C=O) groups excluding carboxylic acids is 1. The average Bonchev–Trinajstić information content (AvgIpc) is 3.03. The molecule has 0 unspecified atom stereocenters. The second-order valence-corrected chi connectivity index (χ2v) is 8.44. The number of carbonyl (C=O) groups is 1. The molecule has 138 valence electrons. The Kier molecular flexibility index (Phi) is 4.92. The van der Waals surface area contributed by atoms with E-state index in [0.29, 0.717) is 5.16 Å². The number of thioether (sulfide) groups is 1. The molecule has 0 fully saturated rings. The smallest absolute Gasteiger partial charge is 0.240 e. The van der Waals surface area contributed by atoms with E-state index in [0.717, 1.165) is 21.5 Å². The molecule has 1 aliphatic rings. The Balaban J connectivity index is 1.65. The number of aromatic nitrogens is 3. The van der Waals surface area contributed by atoms with Gasteiger partial charge in [0.2, 0.25) is 11.1 Å². The van der Waals surface area contributed by atoms with E-state index in [9.17, 15) is 4.79 Å². The maximum Gasteiger partial charge on any atom is 0.240 e. The number of halogens is 1. The predicted molar refractivity (Wildman–Crippen MR) is 110 cm³/mol. The van der Waals surface area contributed by atoms with Crippen molar-refractivity contribution in [3.63, 3.8) is 0 Å². The number of nitrogens with zero attached hydrogens (tertiary/aromatic N) is 3. The summed E-state index contributed by atoms with van der Waals surface area (Å²) in [4.78, 5) is 13.1. The third-order valence-corrected chi connectivity index (χ3v) is 6.15. The van der Waals surface area contributed by atoms with E-state index in [1.54, 1.807) is 0 Å². The van der Waals surface area contributed by atoms with Gasteiger partial charge in [0.1, 0.15) is 11.1 Å². The lowest BCUT2D eigenvalue weighted by atomic mass is 10.0. The van der Waals surface area contributed by atoms with Gasteiger partial charge in [0, 0.05) is 10.2 Å². The minimum atomic E-state index is -0.382. The number of rotatable bonds is 3. The zero-order valence-electron chi connectivity index (χ0n) is 14.8. The maximum atomic E-state index is 13.1. The molecule has 4 rings (SSSR count). The standard InChI is InChI=1S/C19H18BrN5OS/c1-11-3-5-13(6-4-11)16-17(27-19-23-22-12(2)25(19)24-16)18(26)21-15-9-7-14(20)8-10-15/h3-10,16-17,24H,1-2H3,(H,21,26)/t16-,17+/m0/s1. The van der Waals surface area contributed by atoms with Crippen LogP contribution >= 0.6 is 27.7 Å². The van der Waals surface area contributed by atoms with Crippen molar-refractivity contribution in [1.82, 2.24) is 14.9 Å². The fraction of sp³-hybridized carbons (Fsp3) is 0.211. The highest BCUT2D eigenvalue weighted by Crippen LogP contribution is 2.37. The molecular formula is C19H18BrN5OS. The van der Waals surface area contributed by atoms with Gasteiger partial charge in [0.15, 0.2) is 0 Å². The Morgan fingerprint density at radius 2 is 1.81 bits per heavy atom. The summed E-state index contributed by atoms with van der Waals surface area (Å²) in [6.45, 7) is 3.94. The van der Waals surface area contributed by atoms with E-state index in [2.05, 4.69) is 61.1 Å². The molecule has 2 heterocycles. The summed E-state index contributed by atoms with van der Waals surface area (Å²) < 4.78 is 2.81. The van der Waals surface area contributed by atoms with Gasteiger partial charge in [0.25, 0.3) is 0 Å². The Morgan fingerprint density at radius 1 is 1.11 bits per heavy atom. The van der Waals surface area contributed by atoms with Gasteiger partial charge in [-0.15, -0.1) is 10.2 Å². The Bertz CT molecular complexity index is 971. The second kappa shape index (κ2) is 7.36. The van der Waals surface area contributed by atoms with E-state index >= 15 is 0 Å². The van der Waals surface area contributed by atoms with Crippen LogP contribution in [0.5, 0.6) is 0 Å². The highest BCUT2D eigenvalue weighted by atomic mass is 79.9. The molecule has 8 heteroatoms. The van der Waals surface area contributed by atoms with Gasteiger partial charge in [-0.25, -0.2) is 4.68 Å². The lowest BCUT2D eigenvalue weighted by Gasteiger charge is -2.32. The van der Waals surface area contributed by atoms with E-state index < -0.39 is 0 Å². The summed E-state index contributed by atoms with van der Waals surface area (Å²) in [7, 11) is 0. The largest absolute Gasteiger partial charge is 0.325 e. The molecule has 0 aliphatic carbocycles. The van der Waals surface area contributed by atoms with Crippen molar-refractivity contribution >= 4 is 39.3 Å². The molecule has 0 saturated heterocycles. The van der Waals surface area contributed by atoms with Crippen molar-refractivity contribution in [2.45, 2.75) is 30.3 Å². The molecule has 2 N–H and O–H groups in total. The van der Waals surface area contributed by atoms with Crippen LogP contribution in [-0.4, -0.2) is 26.0 Å². The van der Waals surface area contributed by atoms with Crippen LogP contribution in [0.1, 0.15) is 23.0 Å². The van der Waals surface area contributed by atoms with Crippen molar-refractivity contribution in [3.05, 3.63) is 70.0 Å². The third kappa shape index (κ3) is 3.72. The number of anilines is 1. The highest BCUT2D eigenvalue weighted by Gasteiger charge is 2.37. The summed E-state index contributed by atoms with van der Waals surface area (Å²) in [6, 6.07) is 15.6. The molecule has 3 aromatic rings. The van der Waals surface area contributed by atoms with Crippen LogP contribution in [0.2, 0.25) is 0 Å². The first-order chi connectivity index (χ1) is 13.0. The van der Waals surface area contributed by atoms with Crippen LogP contribution < -0.4 is 10.7 Å². The monoisotopic (exact) mass is 443 g/mol. The number of hydrogen-bond acceptors (Lipinski definition) is 5. The zero-order valence-corrected chi connectivity index (χ0v) is 17.2. The molecule has 2 atom stereocenters. The van der Waals surface area contributed by atoms with Crippen molar-refractivity contribution < 1.29 is 4.79 Å². The predicted octanol–water partition coefficient (Wildman–Crippen LogP) is 4.06. The van der Waals surface area contributed by atoms with E-state index in [4.69, 9.17) is 0 Å². The van der Waals surface area contributed by atoms with E-state index in [-0.39, 0.29) is 17.2 Å². The van der Waals surface area contributed by atoms with Gasteiger partial charge in [-0.2, -0.15) is 0 Å². The zero-order chi connectivity index (χ0) is 19.0. The second-order valence-electron chi connectivity index (χ2n) is 6.42. The SMILES string of the molecule is Cc1ccc([C@@H]2Nn3c(C)nnc3S[C@H]2C(=O)Nc2ccc(Br)cc2)cc1. The van der Waals surface area contributed by atoms with E-state index in [1.165, 1.54) is 17.3 Å². The number of amides is 1. The first-order valence-electron chi connectivity index (χ1n) is 8.49. The number of benzene rings is 2. The maximum absolute atomic E-state index is 13.1. The van der Waals surface area contributed by atoms with Gasteiger partial charge in [-0.1, -0.05) is 57.5 Å². The van der Waals surface area contributed by atoms with Gasteiger partial charge in [0.05, 0.1) is 6.04 Å². The third-order valence-electron chi connectivity index (χ3n) is 4.41. The molecule has 27 heavy (non-hydrogen) atoms. The molecule has 1 aromatic heterocycles. The number of nitrogens with one attached hydrogen (secondary N) is 2. The van der Waals surface area contributed by atoms with Gasteiger partial charge in [-0.3, -0.25) is 4.79 Å². The molecule has 2 aromatic carbocycles. The number of hydrogen-bond donors (Lipinski definition) is 2. The molecule has 1 aliphatic heterocycles. The first-order valence-corrected chi connectivity index (χ1v) is 10.2. The number of fused-ring (bicyclic) bond motifs is 1. The Morgan fingerprint density at radius 3 is 2.52 bits per heavy atom. The molecule has 0 saturated carbocycles. The quantitative estimate of drug-likeness (QED) is 0.638. The number of aryl methyl sites for hydroxylation is 2. The summed E-state index contributed by atoms with van der Waals surface area (Å²) >= 11 is 4.83. The fourth-order valence-electron chi connectivity index (χ4n) is 2.93. The Hall–Kier alpha value is -2.32. The van der Waals surface area contributed by atoms with Crippen molar-refractivity contribution in [2.75, 3.05) is 10.7 Å². The van der Waals surface area contributed by atoms with Crippen LogP contribution in [-0.2, 0) is 4.79 Å². The van der Waals surface area contributed by atoms with Gasteiger partial charge < -0.3 is 10.7 Å². The molecule has 0 radical (unpaired) electrons. The van der Waals surface area contributed by atoms with Crippen molar-refractivity contribution in [1.29, 1.82) is 0 Å². The summed E-state index contributed by atoms with van der Waals surface area (Å²) in [5, 5.41) is 11.6. The average molecular weight is 444 g/mol. The van der Waals surface area contributed by atoms with E-state index in [1.807, 2.05) is 42.8 Å². The topological polar surface area (TPSA) is 71.8 Å². The summed E-state index contributed by atoms with van der Waals surface area (Å²) in [5.74, 6) is 0.689. The van der Waals surface area contributed by atoms with Crippen molar-refractivity contribution in [2.24, 2.45) is 0 Å². The Labute approximate surface area is 169 Å². The molecule has 6 nitrogen and oxygen atoms in total. The normalized spacial score (nSPS) is 18.5. The van der Waals surface area contributed by atoms with Crippen LogP contribution in [0.15, 0.2) is 58.2 Å². The molecule has 0 spiro atoms. The van der Waals surface area contributed by atoms with Crippen LogP contribution in [0.25, 0.3) is 0 Å². The highest BCUT2D eigenvalue weighted by molar-refractivity contribution is 9.10. The molecule has 0 bridgehead atoms. The van der Waals surface area contributed by atoms with Crippen LogP contribution in [0.3, 0.4) is 0 Å². The first kappa shape index (κ1) is 18.1. The van der Waals surface area contributed by atoms with Crippen LogP contribution in [0, 0.1) is 13.8 Å². The van der Waals surface area contributed by atoms with Gasteiger partial charge >= 0.3 is 0 Å². The fourth-order valence-corrected chi connectivity index (χ4v) is 4.32. The lowest BCUT2D eigenvalue weighted by molar-refractivity contribution is -0.116. The minimum Gasteiger partial charge on any atom is -0.325 e. The summed E-state index contributed by atoms with van der Waals surface area (Å²) in [5.41, 5.74) is 6.39. The lowest BCUT2D eigenvalue weighted by Crippen LogP contribution is -2.41. The van der Waals surface area contributed by atoms with Crippen LogP contribution in [0.4, 0.5) is 5.69 Å². The van der Waals surface area contributed by atoms with Gasteiger partial charge in [-0.05, 0) is 43.7 Å².